The molecule has 0 spiro atoms. The molecule has 4 nitrogen and oxygen atoms in total. The van der Waals surface area contributed by atoms with E-state index in [1.807, 2.05) is 0 Å². The van der Waals surface area contributed by atoms with Gasteiger partial charge in [0.15, 0.2) is 0 Å². The molecule has 0 aromatic carbocycles. The standard InChI is InChI=1S/C7H11NO3S/c9-6(1-2-12)7(10)5-3-8-11-4-5/h3-4,6-7,9-10,12H,1-2H2. The van der Waals surface area contributed by atoms with Crippen molar-refractivity contribution in [3.63, 3.8) is 0 Å². The van der Waals surface area contributed by atoms with Crippen LogP contribution in [-0.4, -0.2) is 27.2 Å². The smallest absolute Gasteiger partial charge is 0.129 e. The van der Waals surface area contributed by atoms with Gasteiger partial charge < -0.3 is 14.7 Å². The van der Waals surface area contributed by atoms with Gasteiger partial charge in [-0.15, -0.1) is 0 Å². The van der Waals surface area contributed by atoms with E-state index in [1.54, 1.807) is 0 Å². The van der Waals surface area contributed by atoms with Gasteiger partial charge in [0.1, 0.15) is 12.4 Å². The Bertz CT molecular complexity index is 214. The Morgan fingerprint density at radius 3 is 2.83 bits per heavy atom. The number of thiol groups is 1. The van der Waals surface area contributed by atoms with Crippen LogP contribution in [-0.2, 0) is 0 Å². The molecule has 0 fully saturated rings. The summed E-state index contributed by atoms with van der Waals surface area (Å²) in [4.78, 5) is 0. The third-order valence-corrected chi connectivity index (χ3v) is 1.84. The number of aliphatic hydroxyl groups excluding tert-OH is 2. The molecule has 1 heterocycles. The third kappa shape index (κ3) is 2.23. The molecule has 0 aliphatic rings. The second kappa shape index (κ2) is 4.49. The van der Waals surface area contributed by atoms with Gasteiger partial charge in [0.25, 0.3) is 0 Å². The Morgan fingerprint density at radius 2 is 2.33 bits per heavy atom. The lowest BCUT2D eigenvalue weighted by molar-refractivity contribution is 0.0169. The van der Waals surface area contributed by atoms with Crippen molar-refractivity contribution in [2.75, 3.05) is 5.75 Å². The van der Waals surface area contributed by atoms with Crippen LogP contribution in [0.1, 0.15) is 18.1 Å². The van der Waals surface area contributed by atoms with Crippen LogP contribution in [0.15, 0.2) is 17.0 Å². The molecule has 1 aromatic rings. The van der Waals surface area contributed by atoms with E-state index in [9.17, 15) is 10.2 Å². The second-order valence-electron chi connectivity index (χ2n) is 2.48. The Labute approximate surface area is 75.6 Å². The molecule has 0 amide bonds. The average Bonchev–Trinajstić information content (AvgIpc) is 2.55. The van der Waals surface area contributed by atoms with Crippen molar-refractivity contribution < 1.29 is 14.7 Å². The minimum atomic E-state index is -0.927. The predicted molar refractivity (Wildman–Crippen MR) is 45.9 cm³/mol. The van der Waals surface area contributed by atoms with E-state index in [4.69, 9.17) is 0 Å². The summed E-state index contributed by atoms with van der Waals surface area (Å²) in [5.74, 6) is 0.531. The molecule has 0 aliphatic heterocycles. The molecule has 2 atom stereocenters. The van der Waals surface area contributed by atoms with Crippen LogP contribution in [0.5, 0.6) is 0 Å². The topological polar surface area (TPSA) is 66.5 Å². The van der Waals surface area contributed by atoms with Gasteiger partial charge in [-0.05, 0) is 12.2 Å². The van der Waals surface area contributed by atoms with E-state index >= 15 is 0 Å². The molecule has 1 rings (SSSR count). The summed E-state index contributed by atoms with van der Waals surface area (Å²) in [6.07, 6.45) is 1.40. The number of aliphatic hydroxyl groups is 2. The van der Waals surface area contributed by atoms with Crippen LogP contribution >= 0.6 is 12.6 Å². The van der Waals surface area contributed by atoms with E-state index < -0.39 is 12.2 Å². The molecule has 2 N–H and O–H groups in total. The Morgan fingerprint density at radius 1 is 1.58 bits per heavy atom. The highest BCUT2D eigenvalue weighted by atomic mass is 32.1. The highest BCUT2D eigenvalue weighted by molar-refractivity contribution is 7.80. The van der Waals surface area contributed by atoms with Crippen LogP contribution in [0.2, 0.25) is 0 Å². The maximum absolute atomic E-state index is 9.43. The van der Waals surface area contributed by atoms with Crippen molar-refractivity contribution in [3.05, 3.63) is 18.0 Å². The zero-order valence-corrected chi connectivity index (χ0v) is 7.32. The highest BCUT2D eigenvalue weighted by Crippen LogP contribution is 2.18. The van der Waals surface area contributed by atoms with Crippen LogP contribution < -0.4 is 0 Å². The summed E-state index contributed by atoms with van der Waals surface area (Å²) < 4.78 is 4.52. The van der Waals surface area contributed by atoms with Crippen molar-refractivity contribution in [1.82, 2.24) is 5.16 Å². The lowest BCUT2D eigenvalue weighted by atomic mass is 10.1. The summed E-state index contributed by atoms with van der Waals surface area (Å²) in [6.45, 7) is 0. The summed E-state index contributed by atoms with van der Waals surface area (Å²) in [7, 11) is 0. The number of nitrogens with zero attached hydrogens (tertiary/aromatic N) is 1. The third-order valence-electron chi connectivity index (χ3n) is 1.58. The fourth-order valence-electron chi connectivity index (χ4n) is 0.871. The quantitative estimate of drug-likeness (QED) is 0.599. The predicted octanol–water partition coefficient (Wildman–Crippen LogP) is 0.389. The summed E-state index contributed by atoms with van der Waals surface area (Å²) in [5, 5.41) is 22.2. The van der Waals surface area contributed by atoms with Gasteiger partial charge in [0, 0.05) is 5.56 Å². The van der Waals surface area contributed by atoms with Crippen LogP contribution in [0.3, 0.4) is 0 Å². The van der Waals surface area contributed by atoms with Crippen molar-refractivity contribution in [2.45, 2.75) is 18.6 Å². The monoisotopic (exact) mass is 189 g/mol. The number of hydrogen-bond acceptors (Lipinski definition) is 5. The molecule has 5 heteroatoms. The van der Waals surface area contributed by atoms with E-state index in [-0.39, 0.29) is 0 Å². The zero-order chi connectivity index (χ0) is 8.97. The molecule has 0 radical (unpaired) electrons. The van der Waals surface area contributed by atoms with Gasteiger partial charge in [-0.25, -0.2) is 0 Å². The molecular formula is C7H11NO3S. The zero-order valence-electron chi connectivity index (χ0n) is 6.42. The van der Waals surface area contributed by atoms with Gasteiger partial charge in [0.2, 0.25) is 0 Å². The lowest BCUT2D eigenvalue weighted by Crippen LogP contribution is -2.18. The molecule has 0 aliphatic carbocycles. The maximum Gasteiger partial charge on any atom is 0.129 e. The first-order valence-electron chi connectivity index (χ1n) is 3.62. The van der Waals surface area contributed by atoms with Gasteiger partial charge in [-0.1, -0.05) is 5.16 Å². The first-order chi connectivity index (χ1) is 5.75. The SMILES string of the molecule is OC(CCS)C(O)c1cnoc1. The maximum atomic E-state index is 9.43. The van der Waals surface area contributed by atoms with E-state index in [2.05, 4.69) is 22.3 Å². The van der Waals surface area contributed by atoms with Crippen LogP contribution in [0.25, 0.3) is 0 Å². The normalized spacial score (nSPS) is 15.9. The molecule has 1 aromatic heterocycles. The molecule has 0 saturated heterocycles. The molecule has 0 bridgehead atoms. The molecule has 2 unspecified atom stereocenters. The van der Waals surface area contributed by atoms with Gasteiger partial charge in [0.05, 0.1) is 12.3 Å². The first kappa shape index (κ1) is 9.57. The van der Waals surface area contributed by atoms with Crippen molar-refractivity contribution in [3.8, 4) is 0 Å². The minimum Gasteiger partial charge on any atom is -0.390 e. The minimum absolute atomic E-state index is 0.440. The van der Waals surface area contributed by atoms with Gasteiger partial charge >= 0.3 is 0 Å². The number of hydrogen-bond donors (Lipinski definition) is 3. The van der Waals surface area contributed by atoms with Crippen LogP contribution in [0.4, 0.5) is 0 Å². The summed E-state index contributed by atoms with van der Waals surface area (Å²) in [6, 6.07) is 0. The van der Waals surface area contributed by atoms with E-state index in [0.29, 0.717) is 17.7 Å². The summed E-state index contributed by atoms with van der Waals surface area (Å²) in [5.41, 5.74) is 0.490. The summed E-state index contributed by atoms with van der Waals surface area (Å²) >= 11 is 3.94. The molecule has 68 valence electrons. The van der Waals surface area contributed by atoms with Crippen molar-refractivity contribution in [2.24, 2.45) is 0 Å². The molecule has 0 saturated carbocycles. The lowest BCUT2D eigenvalue weighted by Gasteiger charge is -2.14. The van der Waals surface area contributed by atoms with E-state index in [1.165, 1.54) is 12.5 Å². The second-order valence-corrected chi connectivity index (χ2v) is 2.93. The number of aromatic nitrogens is 1. The Hall–Kier alpha value is -0.520. The van der Waals surface area contributed by atoms with E-state index in [0.717, 1.165) is 0 Å². The Kier molecular flexibility index (Phi) is 3.58. The van der Waals surface area contributed by atoms with Crippen molar-refractivity contribution in [1.29, 1.82) is 0 Å². The highest BCUT2D eigenvalue weighted by Gasteiger charge is 2.18. The van der Waals surface area contributed by atoms with Crippen molar-refractivity contribution >= 4 is 12.6 Å². The number of rotatable bonds is 4. The van der Waals surface area contributed by atoms with Crippen LogP contribution in [0, 0.1) is 0 Å². The molecule has 12 heavy (non-hydrogen) atoms. The average molecular weight is 189 g/mol. The fraction of sp³-hybridized carbons (Fsp3) is 0.571. The fourth-order valence-corrected chi connectivity index (χ4v) is 1.14. The molecular weight excluding hydrogens is 178 g/mol. The van der Waals surface area contributed by atoms with Gasteiger partial charge in [-0.3, -0.25) is 0 Å². The Balaban J connectivity index is 2.53. The van der Waals surface area contributed by atoms with Gasteiger partial charge in [-0.2, -0.15) is 12.6 Å². The first-order valence-corrected chi connectivity index (χ1v) is 4.25. The largest absolute Gasteiger partial charge is 0.390 e.